The number of carbonyl (C=O) groups excluding carboxylic acids is 2. The van der Waals surface area contributed by atoms with E-state index >= 15 is 0 Å². The highest BCUT2D eigenvalue weighted by molar-refractivity contribution is 7.47. The van der Waals surface area contributed by atoms with Gasteiger partial charge in [0.2, 0.25) is 0 Å². The third-order valence-corrected chi connectivity index (χ3v) is 7.85. The monoisotopic (exact) mass is 710 g/mol. The number of allylic oxidation sites excluding steroid dienone is 12. The van der Waals surface area contributed by atoms with Crippen LogP contribution < -0.4 is 0 Å². The Morgan fingerprint density at radius 1 is 0.571 bits per heavy atom. The molecule has 0 rings (SSSR count). The molecule has 0 aliphatic rings. The molecule has 11 heteroatoms. The molecular weight excluding hydrogens is 647 g/mol. The Balaban J connectivity index is 4.14. The van der Waals surface area contributed by atoms with Crippen LogP contribution in [0.2, 0.25) is 0 Å². The number of rotatable bonds is 32. The van der Waals surface area contributed by atoms with Crippen molar-refractivity contribution in [3.05, 3.63) is 72.9 Å². The summed E-state index contributed by atoms with van der Waals surface area (Å²) in [6, 6.07) is 0. The van der Waals surface area contributed by atoms with E-state index < -0.39 is 58.4 Å². The van der Waals surface area contributed by atoms with E-state index in [4.69, 9.17) is 18.5 Å². The fourth-order valence-electron chi connectivity index (χ4n) is 4.16. The lowest BCUT2D eigenvalue weighted by molar-refractivity contribution is -0.153. The largest absolute Gasteiger partial charge is 0.472 e. The molecule has 3 atom stereocenters. The number of hydrogen-bond donors (Lipinski definition) is 3. The van der Waals surface area contributed by atoms with Crippen molar-refractivity contribution in [2.45, 2.75) is 129 Å². The third-order valence-electron chi connectivity index (χ3n) is 6.90. The van der Waals surface area contributed by atoms with Gasteiger partial charge in [0.15, 0.2) is 0 Å². The Morgan fingerprint density at radius 2 is 1.00 bits per heavy atom. The predicted molar refractivity (Wildman–Crippen MR) is 196 cm³/mol. The van der Waals surface area contributed by atoms with Crippen LogP contribution in [0.3, 0.4) is 0 Å². The van der Waals surface area contributed by atoms with Gasteiger partial charge in [0, 0.05) is 12.8 Å². The Kier molecular flexibility index (Phi) is 32.1. The van der Waals surface area contributed by atoms with Gasteiger partial charge in [0.05, 0.1) is 26.4 Å². The minimum absolute atomic E-state index is 0.0661. The van der Waals surface area contributed by atoms with Crippen LogP contribution in [0.15, 0.2) is 72.9 Å². The van der Waals surface area contributed by atoms with Crippen LogP contribution >= 0.6 is 7.82 Å². The summed E-state index contributed by atoms with van der Waals surface area (Å²) in [5.41, 5.74) is 0. The zero-order chi connectivity index (χ0) is 36.3. The molecule has 0 spiro atoms. The maximum atomic E-state index is 12.3. The molecule has 0 saturated carbocycles. The second-order valence-corrected chi connectivity index (χ2v) is 12.9. The van der Waals surface area contributed by atoms with Crippen LogP contribution in [0.25, 0.3) is 0 Å². The van der Waals surface area contributed by atoms with Gasteiger partial charge in [0.1, 0.15) is 12.2 Å². The fraction of sp³-hybridized carbons (Fsp3) is 0.632. The van der Waals surface area contributed by atoms with Crippen molar-refractivity contribution in [3.63, 3.8) is 0 Å². The molecule has 3 unspecified atom stereocenters. The predicted octanol–water partition coefficient (Wildman–Crippen LogP) is 8.55. The van der Waals surface area contributed by atoms with Crippen LogP contribution in [0, 0.1) is 0 Å². The molecule has 0 bridgehead atoms. The summed E-state index contributed by atoms with van der Waals surface area (Å²) in [5.74, 6) is -1.13. The van der Waals surface area contributed by atoms with E-state index in [9.17, 15) is 29.3 Å². The van der Waals surface area contributed by atoms with Gasteiger partial charge < -0.3 is 24.6 Å². The normalized spacial score (nSPS) is 15.0. The van der Waals surface area contributed by atoms with E-state index in [1.807, 2.05) is 18.2 Å². The summed E-state index contributed by atoms with van der Waals surface area (Å²) in [6.45, 7) is 1.88. The number of carbonyl (C=O) groups is 2. The van der Waals surface area contributed by atoms with E-state index in [1.54, 1.807) is 0 Å². The second-order valence-electron chi connectivity index (χ2n) is 11.5. The number of aliphatic hydroxyl groups is 2. The minimum atomic E-state index is -4.65. The first-order chi connectivity index (χ1) is 23.8. The Bertz CT molecular complexity index is 1050. The van der Waals surface area contributed by atoms with Crippen molar-refractivity contribution in [1.29, 1.82) is 0 Å². The van der Waals surface area contributed by atoms with E-state index in [1.165, 1.54) is 6.42 Å². The smallest absolute Gasteiger partial charge is 0.457 e. The maximum Gasteiger partial charge on any atom is 0.472 e. The molecule has 0 aliphatic heterocycles. The summed E-state index contributed by atoms with van der Waals surface area (Å²) in [5, 5.41) is 19.0. The number of esters is 2. The van der Waals surface area contributed by atoms with E-state index in [0.29, 0.717) is 12.8 Å². The SMILES string of the molecule is CC/C=C\C/C=C\C/C=C\C/C=C\CCC(=O)OC(CO)COP(=O)(O)OCC(CO)OC(=O)CCCCCCC/C=C\C/C=C\CCC. The molecule has 0 radical (unpaired) electrons. The molecule has 0 aromatic rings. The Morgan fingerprint density at radius 3 is 1.51 bits per heavy atom. The first-order valence-electron chi connectivity index (χ1n) is 17.9. The quantitative estimate of drug-likeness (QED) is 0.0268. The number of ether oxygens (including phenoxy) is 2. The number of hydrogen-bond acceptors (Lipinski definition) is 9. The average molecular weight is 711 g/mol. The highest BCUT2D eigenvalue weighted by Crippen LogP contribution is 2.43. The van der Waals surface area contributed by atoms with Crippen LogP contribution in [0.4, 0.5) is 0 Å². The van der Waals surface area contributed by atoms with Crippen molar-refractivity contribution in [1.82, 2.24) is 0 Å². The zero-order valence-electron chi connectivity index (χ0n) is 29.9. The first kappa shape index (κ1) is 46.4. The minimum Gasteiger partial charge on any atom is -0.457 e. The standard InChI is InChI=1S/C38H63O10P/c1-3-5-7-9-11-13-15-17-19-21-23-25-27-29-37(41)47-35(31-39)33-45-49(43,44)46-34-36(32-40)48-38(42)30-28-26-24-22-20-18-16-14-12-10-8-6-4-2/h5,7-8,10-11,13-14,16-17,19,23,25,35-36,39-40H,3-4,6,9,12,15,18,20-22,24,26-34H2,1-2H3,(H,43,44)/b7-5-,10-8-,13-11-,16-14-,19-17-,25-23-. The van der Waals surface area contributed by atoms with Crippen molar-refractivity contribution in [3.8, 4) is 0 Å². The number of unbranched alkanes of at least 4 members (excludes halogenated alkanes) is 6. The highest BCUT2D eigenvalue weighted by atomic mass is 31.2. The third kappa shape index (κ3) is 32.4. The molecular formula is C38H63O10P. The van der Waals surface area contributed by atoms with Gasteiger partial charge in [-0.1, -0.05) is 112 Å². The summed E-state index contributed by atoms with van der Waals surface area (Å²) >= 11 is 0. The van der Waals surface area contributed by atoms with Gasteiger partial charge in [-0.05, 0) is 64.2 Å². The molecule has 0 heterocycles. The van der Waals surface area contributed by atoms with Crippen molar-refractivity contribution in [2.75, 3.05) is 26.4 Å². The molecule has 0 saturated heterocycles. The highest BCUT2D eigenvalue weighted by Gasteiger charge is 2.27. The molecule has 0 aromatic carbocycles. The van der Waals surface area contributed by atoms with Crippen LogP contribution in [0.1, 0.15) is 117 Å². The summed E-state index contributed by atoms with van der Waals surface area (Å²) in [4.78, 5) is 34.2. The molecule has 3 N–H and O–H groups in total. The molecule has 0 aromatic heterocycles. The topological polar surface area (TPSA) is 149 Å². The van der Waals surface area contributed by atoms with Crippen molar-refractivity contribution < 1.29 is 47.8 Å². The van der Waals surface area contributed by atoms with Crippen molar-refractivity contribution >= 4 is 19.8 Å². The van der Waals surface area contributed by atoms with Gasteiger partial charge in [-0.25, -0.2) is 4.57 Å². The van der Waals surface area contributed by atoms with E-state index in [0.717, 1.165) is 70.6 Å². The number of phosphoric acid groups is 1. The summed E-state index contributed by atoms with van der Waals surface area (Å²) < 4.78 is 32.3. The summed E-state index contributed by atoms with van der Waals surface area (Å²) in [6.07, 6.45) is 36.2. The zero-order valence-corrected chi connectivity index (χ0v) is 30.8. The van der Waals surface area contributed by atoms with Gasteiger partial charge in [-0.2, -0.15) is 0 Å². The second kappa shape index (κ2) is 33.9. The molecule has 0 aliphatic carbocycles. The van der Waals surface area contributed by atoms with Gasteiger partial charge in [0.25, 0.3) is 0 Å². The number of aliphatic hydroxyl groups excluding tert-OH is 2. The Labute approximate surface area is 295 Å². The fourth-order valence-corrected chi connectivity index (χ4v) is 4.95. The van der Waals surface area contributed by atoms with Gasteiger partial charge in [-0.15, -0.1) is 0 Å². The van der Waals surface area contributed by atoms with Crippen LogP contribution in [0.5, 0.6) is 0 Å². The average Bonchev–Trinajstić information content (AvgIpc) is 3.09. The lowest BCUT2D eigenvalue weighted by atomic mass is 10.1. The Hall–Kier alpha value is -2.59. The molecule has 280 valence electrons. The number of phosphoric ester groups is 1. The lowest BCUT2D eigenvalue weighted by Crippen LogP contribution is -2.28. The maximum absolute atomic E-state index is 12.3. The van der Waals surface area contributed by atoms with E-state index in [2.05, 4.69) is 68.5 Å². The van der Waals surface area contributed by atoms with Crippen LogP contribution in [-0.4, -0.2) is 65.7 Å². The van der Waals surface area contributed by atoms with Gasteiger partial charge in [-0.3, -0.25) is 18.6 Å². The first-order valence-corrected chi connectivity index (χ1v) is 19.4. The molecule has 0 fully saturated rings. The van der Waals surface area contributed by atoms with Crippen LogP contribution in [-0.2, 0) is 32.7 Å². The van der Waals surface area contributed by atoms with Crippen molar-refractivity contribution in [2.24, 2.45) is 0 Å². The molecule has 49 heavy (non-hydrogen) atoms. The molecule has 0 amide bonds. The van der Waals surface area contributed by atoms with E-state index in [-0.39, 0.29) is 12.8 Å². The lowest BCUT2D eigenvalue weighted by Gasteiger charge is -2.20. The van der Waals surface area contributed by atoms with Gasteiger partial charge >= 0.3 is 19.8 Å². The summed E-state index contributed by atoms with van der Waals surface area (Å²) in [7, 11) is -4.65. The molecule has 10 nitrogen and oxygen atoms in total.